The zero-order valence-electron chi connectivity index (χ0n) is 13.9. The largest absolute Gasteiger partial charge is 0.594 e. The standard InChI is InChI=1S/C21H15BF2N2/c23-21(17-10-5-2-6-11-17)15-19(16-8-3-1-4-9-16)20-14-18-12-7-13-25(18)22(24)26(20)21/h1-15H. The van der Waals surface area contributed by atoms with Gasteiger partial charge < -0.3 is 9.29 Å². The zero-order valence-corrected chi connectivity index (χ0v) is 13.9. The van der Waals surface area contributed by atoms with Crippen molar-refractivity contribution in [2.45, 2.75) is 5.79 Å². The van der Waals surface area contributed by atoms with Crippen LogP contribution < -0.4 is 0 Å². The molecule has 1 unspecified atom stereocenters. The molecule has 1 atom stereocenters. The first-order valence-corrected chi connectivity index (χ1v) is 8.53. The van der Waals surface area contributed by atoms with Gasteiger partial charge in [0, 0.05) is 22.5 Å². The number of hydrogen-bond donors (Lipinski definition) is 0. The van der Waals surface area contributed by atoms with E-state index in [1.165, 1.54) is 15.4 Å². The minimum absolute atomic E-state index is 0.412. The van der Waals surface area contributed by atoms with Crippen molar-refractivity contribution in [3.63, 3.8) is 0 Å². The summed E-state index contributed by atoms with van der Waals surface area (Å²) in [4.78, 5) is 1.22. The van der Waals surface area contributed by atoms with E-state index in [-0.39, 0.29) is 0 Å². The molecule has 0 bridgehead atoms. The van der Waals surface area contributed by atoms with Gasteiger partial charge in [0.25, 0.3) is 0 Å². The first-order chi connectivity index (χ1) is 12.7. The summed E-state index contributed by atoms with van der Waals surface area (Å²) < 4.78 is 33.2. The molecule has 1 aromatic heterocycles. The molecule has 0 amide bonds. The summed E-state index contributed by atoms with van der Waals surface area (Å²) >= 11 is 0. The van der Waals surface area contributed by atoms with Crippen molar-refractivity contribution in [2.75, 3.05) is 0 Å². The first kappa shape index (κ1) is 15.2. The Hall–Kier alpha value is -3.08. The number of benzene rings is 2. The second kappa shape index (κ2) is 5.46. The maximum atomic E-state index is 16.3. The number of nitrogens with zero attached hydrogens (tertiary/aromatic N) is 2. The Labute approximate surface area is 150 Å². The van der Waals surface area contributed by atoms with E-state index in [0.29, 0.717) is 16.8 Å². The van der Waals surface area contributed by atoms with Crippen molar-refractivity contribution in [2.24, 2.45) is 0 Å². The quantitative estimate of drug-likeness (QED) is 0.476. The van der Waals surface area contributed by atoms with Crippen molar-refractivity contribution >= 4 is 18.9 Å². The highest BCUT2D eigenvalue weighted by molar-refractivity contribution is 6.48. The van der Waals surface area contributed by atoms with Crippen LogP contribution in [-0.2, 0) is 5.79 Å². The van der Waals surface area contributed by atoms with Gasteiger partial charge in [-0.25, -0.2) is 4.39 Å². The molecular weight excluding hydrogens is 329 g/mol. The summed E-state index contributed by atoms with van der Waals surface area (Å²) in [7, 11) is -1.62. The number of aromatic nitrogens is 1. The predicted molar refractivity (Wildman–Crippen MR) is 100 cm³/mol. The Bertz CT molecular complexity index is 1030. The van der Waals surface area contributed by atoms with Crippen LogP contribution in [-0.4, -0.2) is 16.5 Å². The summed E-state index contributed by atoms with van der Waals surface area (Å²) in [5, 5.41) is 0. The van der Waals surface area contributed by atoms with E-state index in [2.05, 4.69) is 0 Å². The van der Waals surface area contributed by atoms with E-state index < -0.39 is 13.1 Å². The van der Waals surface area contributed by atoms with Crippen LogP contribution in [0.5, 0.6) is 0 Å². The molecule has 0 saturated carbocycles. The Morgan fingerprint density at radius 2 is 1.54 bits per heavy atom. The summed E-state index contributed by atoms with van der Waals surface area (Å²) in [5.74, 6) is -2.06. The van der Waals surface area contributed by atoms with Crippen LogP contribution in [0.25, 0.3) is 11.6 Å². The lowest BCUT2D eigenvalue weighted by Crippen LogP contribution is -2.50. The first-order valence-electron chi connectivity index (χ1n) is 8.53. The molecule has 0 saturated heterocycles. The van der Waals surface area contributed by atoms with Gasteiger partial charge in [-0.05, 0) is 36.0 Å². The second-order valence-corrected chi connectivity index (χ2v) is 6.51. The van der Waals surface area contributed by atoms with Crippen LogP contribution >= 0.6 is 0 Å². The van der Waals surface area contributed by atoms with Crippen LogP contribution in [0.2, 0.25) is 0 Å². The molecule has 3 aromatic rings. The van der Waals surface area contributed by atoms with E-state index in [4.69, 9.17) is 0 Å². The van der Waals surface area contributed by atoms with E-state index in [1.807, 2.05) is 48.5 Å². The Kier molecular flexibility index (Phi) is 3.19. The Morgan fingerprint density at radius 3 is 2.27 bits per heavy atom. The van der Waals surface area contributed by atoms with E-state index in [1.54, 1.807) is 36.5 Å². The van der Waals surface area contributed by atoms with Crippen molar-refractivity contribution in [1.82, 2.24) is 9.29 Å². The molecule has 0 spiro atoms. The maximum absolute atomic E-state index is 16.3. The van der Waals surface area contributed by atoms with Gasteiger partial charge in [-0.3, -0.25) is 4.32 Å². The number of hydrogen-bond acceptors (Lipinski definition) is 1. The van der Waals surface area contributed by atoms with Crippen LogP contribution in [0, 0.1) is 0 Å². The van der Waals surface area contributed by atoms with Crippen LogP contribution in [0.3, 0.4) is 0 Å². The van der Waals surface area contributed by atoms with Crippen molar-refractivity contribution in [3.8, 4) is 0 Å². The molecule has 5 heteroatoms. The molecule has 126 valence electrons. The van der Waals surface area contributed by atoms with Crippen molar-refractivity contribution in [1.29, 1.82) is 0 Å². The van der Waals surface area contributed by atoms with E-state index >= 15 is 8.71 Å². The summed E-state index contributed by atoms with van der Waals surface area (Å²) in [5.41, 5.74) is 3.26. The summed E-state index contributed by atoms with van der Waals surface area (Å²) in [6, 6.07) is 21.9. The summed E-state index contributed by atoms with van der Waals surface area (Å²) in [6.07, 6.45) is 5.01. The number of allylic oxidation sites excluding steroid dienone is 1. The average Bonchev–Trinajstić information content (AvgIpc) is 3.27. The van der Waals surface area contributed by atoms with Gasteiger partial charge >= 0.3 is 7.26 Å². The van der Waals surface area contributed by atoms with Gasteiger partial charge in [-0.2, -0.15) is 0 Å². The molecule has 3 heterocycles. The highest BCUT2D eigenvalue weighted by Crippen LogP contribution is 2.50. The molecule has 0 fully saturated rings. The van der Waals surface area contributed by atoms with Crippen LogP contribution in [0.4, 0.5) is 8.71 Å². The molecule has 2 aromatic carbocycles. The maximum Gasteiger partial charge on any atom is 0.594 e. The van der Waals surface area contributed by atoms with Crippen molar-refractivity contribution in [3.05, 3.63) is 108 Å². The SMILES string of the molecule is FB1N2C(=Cc3cccn31)C(c1ccccc1)=CC2(F)c1ccccc1. The molecule has 5 rings (SSSR count). The fourth-order valence-corrected chi connectivity index (χ4v) is 3.79. The molecule has 2 aliphatic heterocycles. The molecule has 0 radical (unpaired) electrons. The fourth-order valence-electron chi connectivity index (χ4n) is 3.79. The lowest BCUT2D eigenvalue weighted by molar-refractivity contribution is 0.104. The fraction of sp³-hybridized carbons (Fsp3) is 0.0476. The third kappa shape index (κ3) is 2.03. The number of fused-ring (bicyclic) bond motifs is 2. The smallest absolute Gasteiger partial charge is 0.342 e. The molecule has 2 aliphatic rings. The van der Waals surface area contributed by atoms with Gasteiger partial charge in [0.05, 0.1) is 0 Å². The molecule has 0 aliphatic carbocycles. The monoisotopic (exact) mass is 344 g/mol. The van der Waals surface area contributed by atoms with Gasteiger partial charge in [-0.15, -0.1) is 0 Å². The molecule has 26 heavy (non-hydrogen) atoms. The van der Waals surface area contributed by atoms with Gasteiger partial charge in [0.15, 0.2) is 0 Å². The number of alkyl halides is 1. The minimum Gasteiger partial charge on any atom is -0.342 e. The van der Waals surface area contributed by atoms with Crippen LogP contribution in [0.15, 0.2) is 90.8 Å². The van der Waals surface area contributed by atoms with E-state index in [0.717, 1.165) is 11.3 Å². The Morgan fingerprint density at radius 1 is 0.846 bits per heavy atom. The van der Waals surface area contributed by atoms with Crippen molar-refractivity contribution < 1.29 is 8.71 Å². The van der Waals surface area contributed by atoms with Crippen LogP contribution in [0.1, 0.15) is 16.8 Å². The van der Waals surface area contributed by atoms with Gasteiger partial charge in [-0.1, -0.05) is 60.7 Å². The normalized spacial score (nSPS) is 21.2. The lowest BCUT2D eigenvalue weighted by atomic mass is 9.90. The zero-order chi connectivity index (χ0) is 17.7. The molecule has 0 N–H and O–H groups in total. The van der Waals surface area contributed by atoms with Gasteiger partial charge in [0.1, 0.15) is 0 Å². The topological polar surface area (TPSA) is 8.17 Å². The minimum atomic E-state index is -2.06. The number of halogens is 2. The molecule has 2 nitrogen and oxygen atoms in total. The predicted octanol–water partition coefficient (Wildman–Crippen LogP) is 4.87. The second-order valence-electron chi connectivity index (χ2n) is 6.51. The lowest BCUT2D eigenvalue weighted by Gasteiger charge is -2.37. The third-order valence-electron chi connectivity index (χ3n) is 5.02. The number of rotatable bonds is 2. The van der Waals surface area contributed by atoms with Gasteiger partial charge in [0.2, 0.25) is 5.79 Å². The average molecular weight is 344 g/mol. The highest BCUT2D eigenvalue weighted by atomic mass is 19.1. The highest BCUT2D eigenvalue weighted by Gasteiger charge is 2.53. The Balaban J connectivity index is 1.76. The third-order valence-corrected chi connectivity index (χ3v) is 5.02. The molecular formula is C21H15BF2N2. The summed E-state index contributed by atoms with van der Waals surface area (Å²) in [6.45, 7) is 0. The van der Waals surface area contributed by atoms with E-state index in [9.17, 15) is 0 Å².